The molecule has 3 aromatic rings. The highest BCUT2D eigenvalue weighted by molar-refractivity contribution is 7.16. The average molecular weight is 547 g/mol. The van der Waals surface area contributed by atoms with Crippen molar-refractivity contribution in [1.29, 1.82) is 0 Å². The smallest absolute Gasteiger partial charge is 0.281 e. The molecule has 3 N–H and O–H groups in total. The number of hydrazone groups is 1. The second-order valence-corrected chi connectivity index (χ2v) is 10.6. The van der Waals surface area contributed by atoms with Gasteiger partial charge in [-0.15, -0.1) is 22.7 Å². The fraction of sp³-hybridized carbons (Fsp3) is 0.320. The van der Waals surface area contributed by atoms with Crippen molar-refractivity contribution >= 4 is 51.8 Å². The topological polar surface area (TPSA) is 103 Å². The maximum Gasteiger partial charge on any atom is 0.281 e. The lowest BCUT2D eigenvalue weighted by molar-refractivity contribution is 0.0374. The van der Waals surface area contributed by atoms with Crippen molar-refractivity contribution in [3.8, 4) is 16.2 Å². The molecule has 190 valence electrons. The van der Waals surface area contributed by atoms with Crippen molar-refractivity contribution in [3.05, 3.63) is 62.1 Å². The van der Waals surface area contributed by atoms with Crippen molar-refractivity contribution < 1.29 is 19.4 Å². The van der Waals surface area contributed by atoms with Crippen LogP contribution in [0.5, 0.6) is 5.75 Å². The van der Waals surface area contributed by atoms with Gasteiger partial charge in [-0.25, -0.2) is 5.43 Å². The molecule has 36 heavy (non-hydrogen) atoms. The Morgan fingerprint density at radius 1 is 1.17 bits per heavy atom. The molecule has 2 amide bonds. The van der Waals surface area contributed by atoms with Crippen LogP contribution in [0, 0.1) is 0 Å². The molecule has 0 atom stereocenters. The molecule has 0 saturated carbocycles. The molecular weight excluding hydrogens is 520 g/mol. The van der Waals surface area contributed by atoms with Crippen molar-refractivity contribution in [2.24, 2.45) is 5.10 Å². The second-order valence-electron chi connectivity index (χ2n) is 8.20. The molecule has 3 heterocycles. The van der Waals surface area contributed by atoms with Crippen LogP contribution in [0.25, 0.3) is 10.4 Å². The van der Waals surface area contributed by atoms with Crippen LogP contribution in [0.4, 0.5) is 0 Å². The number of halogens is 1. The van der Waals surface area contributed by atoms with Gasteiger partial charge in [0.25, 0.3) is 11.8 Å². The number of morpholine rings is 1. The number of rotatable bonds is 9. The Hall–Kier alpha value is -2.76. The van der Waals surface area contributed by atoms with Crippen molar-refractivity contribution in [3.63, 3.8) is 0 Å². The molecule has 1 aliphatic rings. The molecule has 4 rings (SSSR count). The van der Waals surface area contributed by atoms with Gasteiger partial charge in [0.1, 0.15) is 5.75 Å². The first-order valence-electron chi connectivity index (χ1n) is 11.5. The average Bonchev–Trinajstić information content (AvgIpc) is 3.53. The van der Waals surface area contributed by atoms with Gasteiger partial charge < -0.3 is 15.2 Å². The van der Waals surface area contributed by atoms with Gasteiger partial charge in [0.2, 0.25) is 0 Å². The molecule has 0 bridgehead atoms. The Labute approximate surface area is 222 Å². The van der Waals surface area contributed by atoms with E-state index in [-0.39, 0.29) is 11.7 Å². The number of ether oxygens (including phenoxy) is 1. The lowest BCUT2D eigenvalue weighted by Crippen LogP contribution is -2.38. The maximum atomic E-state index is 12.6. The third-order valence-corrected chi connectivity index (χ3v) is 8.00. The molecule has 0 unspecified atom stereocenters. The highest BCUT2D eigenvalue weighted by Gasteiger charge is 2.17. The predicted molar refractivity (Wildman–Crippen MR) is 145 cm³/mol. The van der Waals surface area contributed by atoms with Crippen molar-refractivity contribution in [1.82, 2.24) is 15.6 Å². The summed E-state index contributed by atoms with van der Waals surface area (Å²) in [5.41, 5.74) is 4.30. The zero-order valence-electron chi connectivity index (χ0n) is 19.8. The molecule has 0 aliphatic carbocycles. The molecule has 1 saturated heterocycles. The SMILES string of the molecule is CC(=NNC(=O)c1ccc(C(=O)NCCCN2CCOCC2)s1)c1csc(-c2cccc(Cl)c2)c1O. The Bertz CT molecular complexity index is 1250. The third kappa shape index (κ3) is 6.71. The summed E-state index contributed by atoms with van der Waals surface area (Å²) in [6.45, 7) is 6.56. The largest absolute Gasteiger partial charge is 0.506 e. The van der Waals surface area contributed by atoms with Crippen LogP contribution in [0.2, 0.25) is 5.02 Å². The maximum absolute atomic E-state index is 12.6. The number of nitrogens with zero attached hydrogens (tertiary/aromatic N) is 2. The summed E-state index contributed by atoms with van der Waals surface area (Å²) in [6, 6.07) is 10.5. The fourth-order valence-corrected chi connectivity index (χ4v) is 5.70. The number of benzene rings is 1. The molecule has 1 fully saturated rings. The van der Waals surface area contributed by atoms with Crippen LogP contribution in [0.3, 0.4) is 0 Å². The Balaban J connectivity index is 1.29. The Kier molecular flexibility index (Phi) is 9.11. The summed E-state index contributed by atoms with van der Waals surface area (Å²) in [5.74, 6) is -0.533. The van der Waals surface area contributed by atoms with E-state index in [1.807, 2.05) is 12.1 Å². The number of amides is 2. The van der Waals surface area contributed by atoms with Gasteiger partial charge in [-0.2, -0.15) is 5.10 Å². The van der Waals surface area contributed by atoms with E-state index >= 15 is 0 Å². The summed E-state index contributed by atoms with van der Waals surface area (Å²) in [4.78, 5) is 28.8. The molecule has 1 aliphatic heterocycles. The van der Waals surface area contributed by atoms with E-state index in [0.717, 1.165) is 56.2 Å². The van der Waals surface area contributed by atoms with Gasteiger partial charge in [0, 0.05) is 30.0 Å². The van der Waals surface area contributed by atoms with Gasteiger partial charge in [0.15, 0.2) is 0 Å². The molecule has 8 nitrogen and oxygen atoms in total. The monoisotopic (exact) mass is 546 g/mol. The second kappa shape index (κ2) is 12.5. The van der Waals surface area contributed by atoms with Crippen molar-refractivity contribution in [2.45, 2.75) is 13.3 Å². The number of nitrogens with one attached hydrogen (secondary N) is 2. The Morgan fingerprint density at radius 3 is 2.67 bits per heavy atom. The molecule has 0 radical (unpaired) electrons. The van der Waals surface area contributed by atoms with Gasteiger partial charge in [-0.05, 0) is 49.7 Å². The van der Waals surface area contributed by atoms with Crippen molar-refractivity contribution in [2.75, 3.05) is 39.4 Å². The van der Waals surface area contributed by atoms with Crippen LogP contribution in [-0.4, -0.2) is 66.9 Å². The van der Waals surface area contributed by atoms with Gasteiger partial charge in [-0.1, -0.05) is 23.7 Å². The summed E-state index contributed by atoms with van der Waals surface area (Å²) in [5, 5.41) is 20.1. The lowest BCUT2D eigenvalue weighted by atomic mass is 10.1. The van der Waals surface area contributed by atoms with E-state index in [1.165, 1.54) is 11.3 Å². The summed E-state index contributed by atoms with van der Waals surface area (Å²) < 4.78 is 5.34. The first-order chi connectivity index (χ1) is 17.4. The molecule has 11 heteroatoms. The van der Waals surface area contributed by atoms with E-state index in [2.05, 4.69) is 20.7 Å². The van der Waals surface area contributed by atoms with E-state index in [4.69, 9.17) is 16.3 Å². The zero-order chi connectivity index (χ0) is 25.5. The van der Waals surface area contributed by atoms with E-state index in [9.17, 15) is 14.7 Å². The number of hydrogen-bond donors (Lipinski definition) is 3. The highest BCUT2D eigenvalue weighted by Crippen LogP contribution is 2.39. The Morgan fingerprint density at radius 2 is 1.92 bits per heavy atom. The first kappa shape index (κ1) is 26.3. The van der Waals surface area contributed by atoms with Crippen LogP contribution >= 0.6 is 34.3 Å². The normalized spacial score (nSPS) is 14.6. The number of carbonyl (C=O) groups excluding carboxylic acids is 2. The first-order valence-corrected chi connectivity index (χ1v) is 13.6. The molecule has 1 aromatic carbocycles. The van der Waals surface area contributed by atoms with Crippen LogP contribution < -0.4 is 10.7 Å². The van der Waals surface area contributed by atoms with Crippen LogP contribution in [-0.2, 0) is 4.74 Å². The summed E-state index contributed by atoms with van der Waals surface area (Å²) >= 11 is 8.54. The van der Waals surface area contributed by atoms with Gasteiger partial charge >= 0.3 is 0 Å². The van der Waals surface area contributed by atoms with Crippen LogP contribution in [0.15, 0.2) is 46.9 Å². The number of aromatic hydroxyl groups is 1. The quantitative estimate of drug-likeness (QED) is 0.209. The summed E-state index contributed by atoms with van der Waals surface area (Å²) in [6.07, 6.45) is 0.854. The summed E-state index contributed by atoms with van der Waals surface area (Å²) in [7, 11) is 0. The molecular formula is C25H27ClN4O4S2. The fourth-order valence-electron chi connectivity index (χ4n) is 3.69. The number of carbonyl (C=O) groups is 2. The van der Waals surface area contributed by atoms with Crippen LogP contribution in [0.1, 0.15) is 38.3 Å². The lowest BCUT2D eigenvalue weighted by Gasteiger charge is -2.26. The van der Waals surface area contributed by atoms with E-state index in [0.29, 0.717) is 37.5 Å². The predicted octanol–water partition coefficient (Wildman–Crippen LogP) is 4.44. The number of hydrogen-bond acceptors (Lipinski definition) is 8. The highest BCUT2D eigenvalue weighted by atomic mass is 35.5. The van der Waals surface area contributed by atoms with E-state index in [1.54, 1.807) is 36.6 Å². The molecule has 2 aromatic heterocycles. The third-order valence-electron chi connectivity index (χ3n) is 5.66. The minimum atomic E-state index is -0.421. The zero-order valence-corrected chi connectivity index (χ0v) is 22.1. The minimum Gasteiger partial charge on any atom is -0.506 e. The minimum absolute atomic E-state index is 0.0847. The standard InChI is InChI=1S/C25H27ClN4O4S2/c1-16(19-15-35-23(22(19)31)17-4-2-5-18(26)14-17)28-29-25(33)21-7-6-20(36-21)24(32)27-8-3-9-30-10-12-34-13-11-30/h2,4-7,14-15,31H,3,8-13H2,1H3,(H,27,32)(H,29,33). The van der Waals surface area contributed by atoms with Gasteiger partial charge in [-0.3, -0.25) is 14.5 Å². The molecule has 0 spiro atoms. The number of thiophene rings is 2. The van der Waals surface area contributed by atoms with E-state index < -0.39 is 5.91 Å². The van der Waals surface area contributed by atoms with Gasteiger partial charge in [0.05, 0.1) is 39.1 Å².